The molecule has 0 unspecified atom stereocenters. The lowest BCUT2D eigenvalue weighted by Gasteiger charge is -2.17. The van der Waals surface area contributed by atoms with Crippen molar-refractivity contribution < 1.29 is 10.2 Å². The number of fused-ring (bicyclic) bond motifs is 1. The molecule has 6 nitrogen and oxygen atoms in total. The predicted molar refractivity (Wildman–Crippen MR) is 63.3 cm³/mol. The molecule has 3 rings (SSSR count). The van der Waals surface area contributed by atoms with Gasteiger partial charge in [-0.25, -0.2) is 4.79 Å². The topological polar surface area (TPSA) is 95.3 Å². The minimum Gasteiger partial charge on any atom is -0.396 e. The highest BCUT2D eigenvalue weighted by atomic mass is 16.3. The second-order valence-electron chi connectivity index (χ2n) is 5.50. The van der Waals surface area contributed by atoms with Crippen LogP contribution in [0, 0.1) is 18.3 Å². The van der Waals surface area contributed by atoms with E-state index in [2.05, 4.69) is 4.98 Å². The highest BCUT2D eigenvalue weighted by molar-refractivity contribution is 5.17. The zero-order valence-electron chi connectivity index (χ0n) is 10.1. The van der Waals surface area contributed by atoms with Crippen molar-refractivity contribution in [2.45, 2.75) is 31.9 Å². The second-order valence-corrected chi connectivity index (χ2v) is 5.50. The van der Waals surface area contributed by atoms with Crippen LogP contribution in [0.25, 0.3) is 0 Å². The van der Waals surface area contributed by atoms with Crippen LogP contribution in [0.3, 0.4) is 0 Å². The average molecular weight is 252 g/mol. The Morgan fingerprint density at radius 1 is 1.56 bits per heavy atom. The summed E-state index contributed by atoms with van der Waals surface area (Å²) < 4.78 is 1.50. The number of aliphatic hydroxyl groups excluding tert-OH is 2. The molecule has 2 fully saturated rings. The van der Waals surface area contributed by atoms with Gasteiger partial charge in [0.2, 0.25) is 0 Å². The van der Waals surface area contributed by atoms with Crippen molar-refractivity contribution in [3.63, 3.8) is 0 Å². The maximum Gasteiger partial charge on any atom is 0.328 e. The molecular weight excluding hydrogens is 236 g/mol. The van der Waals surface area contributed by atoms with E-state index in [4.69, 9.17) is 0 Å². The number of aryl methyl sites for hydroxylation is 1. The fourth-order valence-corrected chi connectivity index (χ4v) is 3.31. The molecule has 0 saturated heterocycles. The standard InChI is InChI=1S/C12H16N2O4/c1-6-4-14(11(18)13-10(6)17)8-2-9(16)12(5-15)3-7(8)12/h4,7-9,15-16H,2-3,5H2,1H3,(H,13,17,18)/t7-,8-,9-,12+/m0/s1. The van der Waals surface area contributed by atoms with Crippen LogP contribution < -0.4 is 11.2 Å². The number of aromatic nitrogens is 2. The molecule has 4 atom stereocenters. The predicted octanol–water partition coefficient (Wildman–Crippen LogP) is -0.851. The first-order chi connectivity index (χ1) is 8.49. The summed E-state index contributed by atoms with van der Waals surface area (Å²) in [7, 11) is 0. The van der Waals surface area contributed by atoms with Gasteiger partial charge < -0.3 is 10.2 Å². The minimum absolute atomic E-state index is 0.0492. The van der Waals surface area contributed by atoms with Gasteiger partial charge in [-0.15, -0.1) is 0 Å². The molecule has 1 heterocycles. The summed E-state index contributed by atoms with van der Waals surface area (Å²) in [5.74, 6) is 0.125. The third-order valence-electron chi connectivity index (χ3n) is 4.57. The summed E-state index contributed by atoms with van der Waals surface area (Å²) in [6, 6.07) is -0.129. The van der Waals surface area contributed by atoms with Gasteiger partial charge in [0.05, 0.1) is 12.7 Å². The third kappa shape index (κ3) is 1.36. The SMILES string of the molecule is Cc1cn([C@H]2C[C@H](O)[C@@]3(CO)C[C@@H]23)c(=O)[nH]c1=O. The molecule has 0 amide bonds. The Kier molecular flexibility index (Phi) is 2.30. The van der Waals surface area contributed by atoms with Crippen molar-refractivity contribution in [1.82, 2.24) is 9.55 Å². The Hall–Kier alpha value is -1.40. The zero-order valence-corrected chi connectivity index (χ0v) is 10.1. The molecule has 0 bridgehead atoms. The summed E-state index contributed by atoms with van der Waals surface area (Å²) in [5, 5.41) is 19.4. The van der Waals surface area contributed by atoms with Crippen LogP contribution in [-0.2, 0) is 0 Å². The maximum atomic E-state index is 11.8. The fourth-order valence-electron chi connectivity index (χ4n) is 3.31. The first-order valence-electron chi connectivity index (χ1n) is 6.10. The van der Waals surface area contributed by atoms with Gasteiger partial charge >= 0.3 is 5.69 Å². The molecule has 3 N–H and O–H groups in total. The minimum atomic E-state index is -0.573. The molecule has 2 saturated carbocycles. The second kappa shape index (κ2) is 3.55. The van der Waals surface area contributed by atoms with E-state index in [1.165, 1.54) is 4.57 Å². The zero-order chi connectivity index (χ0) is 13.1. The Labute approximate surface area is 103 Å². The van der Waals surface area contributed by atoms with E-state index in [1.54, 1.807) is 13.1 Å². The van der Waals surface area contributed by atoms with Crippen molar-refractivity contribution in [3.05, 3.63) is 32.6 Å². The summed E-state index contributed by atoms with van der Waals surface area (Å²) in [6.45, 7) is 1.60. The smallest absolute Gasteiger partial charge is 0.328 e. The molecule has 0 aromatic carbocycles. The van der Waals surface area contributed by atoms with Crippen LogP contribution in [0.5, 0.6) is 0 Å². The van der Waals surface area contributed by atoms with E-state index >= 15 is 0 Å². The van der Waals surface area contributed by atoms with E-state index in [1.807, 2.05) is 0 Å². The molecule has 1 aromatic rings. The van der Waals surface area contributed by atoms with Crippen molar-refractivity contribution in [2.24, 2.45) is 11.3 Å². The first-order valence-corrected chi connectivity index (χ1v) is 6.10. The number of aliphatic hydroxyl groups is 2. The maximum absolute atomic E-state index is 11.8. The lowest BCUT2D eigenvalue weighted by Crippen LogP contribution is -2.33. The van der Waals surface area contributed by atoms with Gasteiger partial charge in [-0.1, -0.05) is 0 Å². The van der Waals surface area contributed by atoms with E-state index in [0.29, 0.717) is 12.0 Å². The monoisotopic (exact) mass is 252 g/mol. The molecule has 0 spiro atoms. The molecule has 18 heavy (non-hydrogen) atoms. The Morgan fingerprint density at radius 2 is 2.28 bits per heavy atom. The quantitative estimate of drug-likeness (QED) is 0.639. The lowest BCUT2D eigenvalue weighted by atomic mass is 10.0. The van der Waals surface area contributed by atoms with Crippen LogP contribution in [0.1, 0.15) is 24.4 Å². The number of aromatic amines is 1. The molecule has 1 aromatic heterocycles. The Bertz CT molecular complexity index is 605. The number of hydrogen-bond acceptors (Lipinski definition) is 4. The molecule has 6 heteroatoms. The van der Waals surface area contributed by atoms with Crippen LogP contribution in [0.4, 0.5) is 0 Å². The van der Waals surface area contributed by atoms with Crippen molar-refractivity contribution >= 4 is 0 Å². The molecule has 2 aliphatic carbocycles. The highest BCUT2D eigenvalue weighted by Gasteiger charge is 2.67. The number of nitrogens with one attached hydrogen (secondary N) is 1. The number of H-pyrrole nitrogens is 1. The van der Waals surface area contributed by atoms with Gasteiger partial charge in [-0.2, -0.15) is 0 Å². The van der Waals surface area contributed by atoms with Gasteiger partial charge in [0.1, 0.15) is 0 Å². The first kappa shape index (κ1) is 11.7. The normalized spacial score (nSPS) is 37.6. The van der Waals surface area contributed by atoms with Crippen LogP contribution in [0.2, 0.25) is 0 Å². The Morgan fingerprint density at radius 3 is 2.83 bits per heavy atom. The molecule has 98 valence electrons. The van der Waals surface area contributed by atoms with Crippen molar-refractivity contribution in [1.29, 1.82) is 0 Å². The van der Waals surface area contributed by atoms with Crippen LogP contribution >= 0.6 is 0 Å². The highest BCUT2D eigenvalue weighted by Crippen LogP contribution is 2.66. The molecular formula is C12H16N2O4. The third-order valence-corrected chi connectivity index (χ3v) is 4.57. The van der Waals surface area contributed by atoms with Crippen molar-refractivity contribution in [3.8, 4) is 0 Å². The summed E-state index contributed by atoms with van der Waals surface area (Å²) >= 11 is 0. The van der Waals surface area contributed by atoms with E-state index in [-0.39, 0.29) is 24.1 Å². The van der Waals surface area contributed by atoms with E-state index < -0.39 is 17.2 Å². The van der Waals surface area contributed by atoms with Crippen LogP contribution in [0.15, 0.2) is 15.8 Å². The molecule has 0 radical (unpaired) electrons. The summed E-state index contributed by atoms with van der Waals surface area (Å²) in [4.78, 5) is 25.4. The molecule has 2 aliphatic rings. The van der Waals surface area contributed by atoms with Gasteiger partial charge in [0.15, 0.2) is 0 Å². The number of rotatable bonds is 2. The number of nitrogens with zero attached hydrogens (tertiary/aromatic N) is 1. The average Bonchev–Trinajstić information content (AvgIpc) is 3.01. The van der Waals surface area contributed by atoms with Gasteiger partial charge in [0.25, 0.3) is 5.56 Å². The fraction of sp³-hybridized carbons (Fsp3) is 0.667. The lowest BCUT2D eigenvalue weighted by molar-refractivity contribution is 0.0599. The van der Waals surface area contributed by atoms with Gasteiger partial charge in [-0.05, 0) is 25.7 Å². The van der Waals surface area contributed by atoms with Gasteiger partial charge in [-0.3, -0.25) is 14.3 Å². The number of hydrogen-bond donors (Lipinski definition) is 3. The largest absolute Gasteiger partial charge is 0.396 e. The van der Waals surface area contributed by atoms with Gasteiger partial charge in [0, 0.05) is 23.2 Å². The summed E-state index contributed by atoms with van der Waals surface area (Å²) in [6.07, 6.45) is 2.16. The van der Waals surface area contributed by atoms with Crippen LogP contribution in [-0.4, -0.2) is 32.5 Å². The molecule has 0 aliphatic heterocycles. The van der Waals surface area contributed by atoms with E-state index in [0.717, 1.165) is 6.42 Å². The van der Waals surface area contributed by atoms with E-state index in [9.17, 15) is 19.8 Å². The Balaban J connectivity index is 2.02. The summed E-state index contributed by atoms with van der Waals surface area (Å²) in [5.41, 5.74) is -0.762. The van der Waals surface area contributed by atoms with Crippen molar-refractivity contribution in [2.75, 3.05) is 6.61 Å².